The topological polar surface area (TPSA) is 61.2 Å². The predicted octanol–water partition coefficient (Wildman–Crippen LogP) is 1.90. The summed E-state index contributed by atoms with van der Waals surface area (Å²) >= 11 is 0. The molecule has 0 saturated heterocycles. The number of hydrogen-bond acceptors (Lipinski definition) is 3. The summed E-state index contributed by atoms with van der Waals surface area (Å²) in [6.07, 6.45) is 5.90. The Morgan fingerprint density at radius 3 is 2.63 bits per heavy atom. The van der Waals surface area contributed by atoms with E-state index in [1.807, 2.05) is 13.0 Å². The average Bonchev–Trinajstić information content (AvgIpc) is 2.39. The maximum atomic E-state index is 12.5. The Morgan fingerprint density at radius 2 is 2.11 bits per heavy atom. The lowest BCUT2D eigenvalue weighted by molar-refractivity contribution is 0.445. The van der Waals surface area contributed by atoms with Crippen LogP contribution in [0.25, 0.3) is 0 Å². The van der Waals surface area contributed by atoms with E-state index in [4.69, 9.17) is 11.7 Å². The fraction of sp³-hybridized carbons (Fsp3) is 0.357. The van der Waals surface area contributed by atoms with Crippen molar-refractivity contribution in [1.82, 2.24) is 4.31 Å². The molecule has 100 valence electrons. The third-order valence-electron chi connectivity index (χ3n) is 2.68. The van der Waals surface area contributed by atoms with Gasteiger partial charge in [0.05, 0.1) is 23.1 Å². The van der Waals surface area contributed by atoms with E-state index in [1.54, 1.807) is 19.1 Å². The third kappa shape index (κ3) is 3.35. The maximum Gasteiger partial charge on any atom is 0.244 e. The summed E-state index contributed by atoms with van der Waals surface area (Å²) in [7, 11) is -3.65. The van der Waals surface area contributed by atoms with Gasteiger partial charge in [0.25, 0.3) is 0 Å². The van der Waals surface area contributed by atoms with Gasteiger partial charge in [0.15, 0.2) is 0 Å². The molecule has 5 heteroatoms. The number of nitrogens with zero attached hydrogens (tertiary/aromatic N) is 2. The van der Waals surface area contributed by atoms with E-state index in [0.29, 0.717) is 24.1 Å². The van der Waals surface area contributed by atoms with E-state index < -0.39 is 10.0 Å². The number of nitriles is 1. The average molecular weight is 276 g/mol. The molecular weight excluding hydrogens is 260 g/mol. The van der Waals surface area contributed by atoms with Crippen LogP contribution in [-0.4, -0.2) is 25.8 Å². The van der Waals surface area contributed by atoms with Gasteiger partial charge in [-0.15, -0.1) is 6.42 Å². The fourth-order valence-corrected chi connectivity index (χ4v) is 3.42. The molecule has 0 bridgehead atoms. The van der Waals surface area contributed by atoms with Crippen LogP contribution in [0.3, 0.4) is 0 Å². The summed E-state index contributed by atoms with van der Waals surface area (Å²) < 4.78 is 26.3. The van der Waals surface area contributed by atoms with Gasteiger partial charge in [0, 0.05) is 6.54 Å². The Kier molecular flexibility index (Phi) is 5.11. The van der Waals surface area contributed by atoms with Crippen LogP contribution in [0.5, 0.6) is 0 Å². The molecule has 19 heavy (non-hydrogen) atoms. The van der Waals surface area contributed by atoms with Gasteiger partial charge >= 0.3 is 0 Å². The summed E-state index contributed by atoms with van der Waals surface area (Å²) in [6, 6.07) is 6.57. The summed E-state index contributed by atoms with van der Waals surface area (Å²) in [4.78, 5) is 0.148. The van der Waals surface area contributed by atoms with E-state index >= 15 is 0 Å². The molecule has 0 atom stereocenters. The Labute approximate surface area is 114 Å². The van der Waals surface area contributed by atoms with Crippen molar-refractivity contribution in [3.05, 3.63) is 29.3 Å². The third-order valence-corrected chi connectivity index (χ3v) is 4.66. The first kappa shape index (κ1) is 15.2. The van der Waals surface area contributed by atoms with Gasteiger partial charge in [0.2, 0.25) is 10.0 Å². The highest BCUT2D eigenvalue weighted by atomic mass is 32.2. The Hall–Kier alpha value is -1.82. The first-order valence-electron chi connectivity index (χ1n) is 5.91. The molecule has 0 aliphatic rings. The second-order valence-corrected chi connectivity index (χ2v) is 6.04. The molecule has 0 spiro atoms. The lowest BCUT2D eigenvalue weighted by Gasteiger charge is -2.20. The molecule has 0 radical (unpaired) electrons. The van der Waals surface area contributed by atoms with E-state index in [-0.39, 0.29) is 11.4 Å². The van der Waals surface area contributed by atoms with Gasteiger partial charge in [0.1, 0.15) is 0 Å². The number of aryl methyl sites for hydroxylation is 1. The molecular formula is C14H16N2O2S. The first-order chi connectivity index (χ1) is 8.97. The molecule has 1 aromatic rings. The molecule has 0 aliphatic carbocycles. The van der Waals surface area contributed by atoms with Gasteiger partial charge in [-0.25, -0.2) is 8.42 Å². The lowest BCUT2D eigenvalue weighted by Crippen LogP contribution is -2.32. The summed E-state index contributed by atoms with van der Waals surface area (Å²) in [6.45, 7) is 3.99. The van der Waals surface area contributed by atoms with E-state index in [1.165, 1.54) is 10.4 Å². The van der Waals surface area contributed by atoms with E-state index in [2.05, 4.69) is 5.92 Å². The number of rotatable bonds is 5. The fourth-order valence-electron chi connectivity index (χ4n) is 1.72. The van der Waals surface area contributed by atoms with Crippen molar-refractivity contribution < 1.29 is 8.42 Å². The molecule has 0 aliphatic heterocycles. The quantitative estimate of drug-likeness (QED) is 0.772. The molecule has 1 aromatic carbocycles. The summed E-state index contributed by atoms with van der Waals surface area (Å²) in [5.41, 5.74) is 0.929. The minimum Gasteiger partial charge on any atom is -0.207 e. The second-order valence-electron chi connectivity index (χ2n) is 4.13. The normalized spacial score (nSPS) is 11.0. The monoisotopic (exact) mass is 276 g/mol. The van der Waals surface area contributed by atoms with Gasteiger partial charge in [-0.1, -0.05) is 18.9 Å². The highest BCUT2D eigenvalue weighted by molar-refractivity contribution is 7.89. The molecule has 0 N–H and O–H groups in total. The lowest BCUT2D eigenvalue weighted by atomic mass is 10.2. The van der Waals surface area contributed by atoms with Crippen LogP contribution in [0, 0.1) is 30.6 Å². The Balaban J connectivity index is 3.33. The molecule has 0 saturated carbocycles. The molecule has 0 heterocycles. The van der Waals surface area contributed by atoms with Crippen LogP contribution >= 0.6 is 0 Å². The zero-order valence-electron chi connectivity index (χ0n) is 11.0. The van der Waals surface area contributed by atoms with Gasteiger partial charge in [-0.2, -0.15) is 9.57 Å². The summed E-state index contributed by atoms with van der Waals surface area (Å²) in [5.74, 6) is 2.36. The van der Waals surface area contributed by atoms with Crippen LogP contribution in [-0.2, 0) is 10.0 Å². The smallest absolute Gasteiger partial charge is 0.207 e. The molecule has 0 aromatic heterocycles. The van der Waals surface area contributed by atoms with Crippen LogP contribution in [0.1, 0.15) is 24.5 Å². The van der Waals surface area contributed by atoms with Crippen LogP contribution in [0.4, 0.5) is 0 Å². The number of sulfonamides is 1. The van der Waals surface area contributed by atoms with Crippen LogP contribution in [0.2, 0.25) is 0 Å². The van der Waals surface area contributed by atoms with Gasteiger partial charge < -0.3 is 0 Å². The SMILES string of the molecule is C#CCN(CCC)S(=O)(=O)c1cc(C#N)ccc1C. The van der Waals surface area contributed by atoms with Gasteiger partial charge in [-0.05, 0) is 31.0 Å². The molecule has 0 fully saturated rings. The van der Waals surface area contributed by atoms with Crippen molar-refractivity contribution >= 4 is 10.0 Å². The maximum absolute atomic E-state index is 12.5. The van der Waals surface area contributed by atoms with E-state index in [0.717, 1.165) is 0 Å². The van der Waals surface area contributed by atoms with Crippen molar-refractivity contribution in [3.8, 4) is 18.4 Å². The van der Waals surface area contributed by atoms with Crippen molar-refractivity contribution in [1.29, 1.82) is 5.26 Å². The molecule has 4 nitrogen and oxygen atoms in total. The highest BCUT2D eigenvalue weighted by Crippen LogP contribution is 2.21. The highest BCUT2D eigenvalue weighted by Gasteiger charge is 2.25. The van der Waals surface area contributed by atoms with Crippen LogP contribution < -0.4 is 0 Å². The zero-order chi connectivity index (χ0) is 14.5. The molecule has 0 unspecified atom stereocenters. The standard InChI is InChI=1S/C14H16N2O2S/c1-4-8-16(9-5-2)19(17,18)14-10-13(11-15)7-6-12(14)3/h1,6-7,10H,5,8-9H2,2-3H3. The predicted molar refractivity (Wildman–Crippen MR) is 73.8 cm³/mol. The minimum atomic E-state index is -3.65. The zero-order valence-corrected chi connectivity index (χ0v) is 11.9. The first-order valence-corrected chi connectivity index (χ1v) is 7.35. The minimum absolute atomic E-state index is 0.0341. The number of terminal acetylenes is 1. The number of benzene rings is 1. The van der Waals surface area contributed by atoms with Crippen LogP contribution in [0.15, 0.2) is 23.1 Å². The largest absolute Gasteiger partial charge is 0.244 e. The summed E-state index contributed by atoms with van der Waals surface area (Å²) in [5, 5.41) is 8.87. The molecule has 1 rings (SSSR count). The van der Waals surface area contributed by atoms with Crippen molar-refractivity contribution in [2.24, 2.45) is 0 Å². The number of hydrogen-bond donors (Lipinski definition) is 0. The van der Waals surface area contributed by atoms with Crippen molar-refractivity contribution in [2.75, 3.05) is 13.1 Å². The van der Waals surface area contributed by atoms with Crippen molar-refractivity contribution in [2.45, 2.75) is 25.2 Å². The van der Waals surface area contributed by atoms with E-state index in [9.17, 15) is 8.42 Å². The van der Waals surface area contributed by atoms with Crippen molar-refractivity contribution in [3.63, 3.8) is 0 Å². The second kappa shape index (κ2) is 6.38. The Morgan fingerprint density at radius 1 is 1.42 bits per heavy atom. The Bertz CT molecular complexity index is 636. The van der Waals surface area contributed by atoms with Gasteiger partial charge in [-0.3, -0.25) is 0 Å². The molecule has 0 amide bonds.